The molecule has 0 fully saturated rings. The Morgan fingerprint density at radius 3 is 2.53 bits per heavy atom. The van der Waals surface area contributed by atoms with Gasteiger partial charge in [-0.2, -0.15) is 0 Å². The minimum Gasteiger partial charge on any atom is -0.489 e. The monoisotopic (exact) mass is 295 g/mol. The molecule has 1 heterocycles. The number of aromatic nitrogens is 1. The predicted molar refractivity (Wildman–Crippen MR) is 79.2 cm³/mol. The summed E-state index contributed by atoms with van der Waals surface area (Å²) in [5, 5.41) is 0.957. The van der Waals surface area contributed by atoms with Crippen LogP contribution in [0.1, 0.15) is 22.3 Å². The third-order valence-electron chi connectivity index (χ3n) is 3.04. The smallest absolute Gasteiger partial charge is 0.130 e. The van der Waals surface area contributed by atoms with Gasteiger partial charge >= 0.3 is 0 Å². The van der Waals surface area contributed by atoms with Gasteiger partial charge in [-0.15, -0.1) is 0 Å². The quantitative estimate of drug-likeness (QED) is 0.752. The number of nitrogens with zero attached hydrogens (tertiary/aromatic N) is 1. The molecule has 0 amide bonds. The van der Waals surface area contributed by atoms with Crippen molar-refractivity contribution in [3.05, 3.63) is 56.8 Å². The second-order valence-electron chi connectivity index (χ2n) is 4.59. The van der Waals surface area contributed by atoms with E-state index in [2.05, 4.69) is 24.9 Å². The lowest BCUT2D eigenvalue weighted by Gasteiger charge is -2.13. The first-order valence-corrected chi connectivity index (χ1v) is 6.73. The summed E-state index contributed by atoms with van der Waals surface area (Å²) in [5.41, 5.74) is 4.36. The first-order chi connectivity index (χ1) is 8.97. The molecule has 0 atom stereocenters. The number of benzene rings is 1. The molecule has 0 saturated carbocycles. The molecule has 0 N–H and O–H groups in total. The summed E-state index contributed by atoms with van der Waals surface area (Å²) >= 11 is 11.9. The van der Waals surface area contributed by atoms with Crippen LogP contribution in [-0.2, 0) is 6.61 Å². The van der Waals surface area contributed by atoms with Gasteiger partial charge in [-0.05, 0) is 49.6 Å². The van der Waals surface area contributed by atoms with Crippen molar-refractivity contribution in [3.8, 4) is 5.75 Å². The molecule has 0 radical (unpaired) electrons. The van der Waals surface area contributed by atoms with E-state index in [1.165, 1.54) is 11.1 Å². The number of aryl methyl sites for hydroxylation is 2. The molecule has 0 unspecified atom stereocenters. The van der Waals surface area contributed by atoms with Crippen LogP contribution in [0.25, 0.3) is 0 Å². The Morgan fingerprint density at radius 1 is 1.11 bits per heavy atom. The summed E-state index contributed by atoms with van der Waals surface area (Å²) in [6.45, 7) is 6.56. The fraction of sp³-hybridized carbons (Fsp3) is 0.267. The summed E-state index contributed by atoms with van der Waals surface area (Å²) in [5.74, 6) is 0.878. The van der Waals surface area contributed by atoms with E-state index >= 15 is 0 Å². The Labute approximate surface area is 123 Å². The summed E-state index contributed by atoms with van der Waals surface area (Å²) in [4.78, 5) is 4.01. The SMILES string of the molecule is Cc1cc(C)c(C)c(OCc2cnc(Cl)cc2Cl)c1. The molecule has 0 bridgehead atoms. The van der Waals surface area contributed by atoms with E-state index in [1.54, 1.807) is 12.3 Å². The van der Waals surface area contributed by atoms with E-state index in [-0.39, 0.29) is 0 Å². The number of rotatable bonds is 3. The van der Waals surface area contributed by atoms with Gasteiger partial charge in [0.15, 0.2) is 0 Å². The van der Waals surface area contributed by atoms with Crippen molar-refractivity contribution < 1.29 is 4.74 Å². The molecule has 0 aliphatic rings. The standard InChI is InChI=1S/C15H15Cl2NO/c1-9-4-10(2)11(3)14(5-9)19-8-12-7-18-15(17)6-13(12)16/h4-7H,8H2,1-3H3. The van der Waals surface area contributed by atoms with Crippen LogP contribution in [-0.4, -0.2) is 4.98 Å². The van der Waals surface area contributed by atoms with Gasteiger partial charge in [-0.3, -0.25) is 0 Å². The average molecular weight is 296 g/mol. The van der Waals surface area contributed by atoms with Crippen LogP contribution in [0, 0.1) is 20.8 Å². The van der Waals surface area contributed by atoms with Crippen molar-refractivity contribution in [2.45, 2.75) is 27.4 Å². The van der Waals surface area contributed by atoms with Crippen LogP contribution in [0.3, 0.4) is 0 Å². The van der Waals surface area contributed by atoms with Gasteiger partial charge in [0.05, 0.1) is 5.02 Å². The summed E-state index contributed by atoms with van der Waals surface area (Å²) in [6, 6.07) is 5.79. The fourth-order valence-corrected chi connectivity index (χ4v) is 2.27. The zero-order valence-corrected chi connectivity index (χ0v) is 12.6. The van der Waals surface area contributed by atoms with E-state index in [4.69, 9.17) is 27.9 Å². The number of pyridine rings is 1. The van der Waals surface area contributed by atoms with Crippen molar-refractivity contribution in [2.24, 2.45) is 0 Å². The Morgan fingerprint density at radius 2 is 1.84 bits per heavy atom. The number of ether oxygens (including phenoxy) is 1. The molecule has 0 aliphatic carbocycles. The lowest BCUT2D eigenvalue weighted by Crippen LogP contribution is -2.00. The fourth-order valence-electron chi connectivity index (χ4n) is 1.85. The van der Waals surface area contributed by atoms with Crippen molar-refractivity contribution in [2.75, 3.05) is 0 Å². The second-order valence-corrected chi connectivity index (χ2v) is 5.39. The molecular formula is C15H15Cl2NO. The number of hydrogen-bond acceptors (Lipinski definition) is 2. The summed E-state index contributed by atoms with van der Waals surface area (Å²) in [6.07, 6.45) is 1.64. The molecule has 2 rings (SSSR count). The maximum absolute atomic E-state index is 6.09. The third kappa shape index (κ3) is 3.40. The normalized spacial score (nSPS) is 10.6. The van der Waals surface area contributed by atoms with Crippen molar-refractivity contribution in [3.63, 3.8) is 0 Å². The second kappa shape index (κ2) is 5.81. The average Bonchev–Trinajstić information content (AvgIpc) is 2.33. The molecule has 4 heteroatoms. The molecule has 0 saturated heterocycles. The van der Waals surface area contributed by atoms with Crippen LogP contribution < -0.4 is 4.74 Å². The minimum absolute atomic E-state index is 0.382. The number of hydrogen-bond donors (Lipinski definition) is 0. The van der Waals surface area contributed by atoms with E-state index < -0.39 is 0 Å². The third-order valence-corrected chi connectivity index (χ3v) is 3.60. The lowest BCUT2D eigenvalue weighted by atomic mass is 10.1. The Balaban J connectivity index is 2.19. The van der Waals surface area contributed by atoms with E-state index in [0.717, 1.165) is 16.9 Å². The molecule has 0 spiro atoms. The minimum atomic E-state index is 0.382. The maximum Gasteiger partial charge on any atom is 0.130 e. The Kier molecular flexibility index (Phi) is 4.33. The highest BCUT2D eigenvalue weighted by Gasteiger charge is 2.07. The summed E-state index contributed by atoms with van der Waals surface area (Å²) in [7, 11) is 0. The van der Waals surface area contributed by atoms with Crippen LogP contribution in [0.5, 0.6) is 5.75 Å². The van der Waals surface area contributed by atoms with Gasteiger partial charge in [0.25, 0.3) is 0 Å². The van der Waals surface area contributed by atoms with Crippen molar-refractivity contribution in [1.29, 1.82) is 0 Å². The topological polar surface area (TPSA) is 22.1 Å². The van der Waals surface area contributed by atoms with E-state index in [9.17, 15) is 0 Å². The Bertz CT molecular complexity index is 611. The van der Waals surface area contributed by atoms with Gasteiger partial charge in [0.1, 0.15) is 17.5 Å². The summed E-state index contributed by atoms with van der Waals surface area (Å²) < 4.78 is 5.84. The van der Waals surface area contributed by atoms with Crippen LogP contribution in [0.15, 0.2) is 24.4 Å². The van der Waals surface area contributed by atoms with Crippen molar-refractivity contribution in [1.82, 2.24) is 4.98 Å². The van der Waals surface area contributed by atoms with Gasteiger partial charge in [-0.25, -0.2) is 4.98 Å². The zero-order valence-electron chi connectivity index (χ0n) is 11.1. The van der Waals surface area contributed by atoms with Crippen LogP contribution >= 0.6 is 23.2 Å². The van der Waals surface area contributed by atoms with Crippen LogP contribution in [0.2, 0.25) is 10.2 Å². The lowest BCUT2D eigenvalue weighted by molar-refractivity contribution is 0.303. The van der Waals surface area contributed by atoms with Crippen molar-refractivity contribution >= 4 is 23.2 Å². The molecule has 2 nitrogen and oxygen atoms in total. The maximum atomic E-state index is 6.09. The molecule has 0 aliphatic heterocycles. The van der Waals surface area contributed by atoms with Gasteiger partial charge in [0, 0.05) is 11.8 Å². The molecule has 19 heavy (non-hydrogen) atoms. The zero-order chi connectivity index (χ0) is 14.0. The first-order valence-electron chi connectivity index (χ1n) is 5.98. The highest BCUT2D eigenvalue weighted by atomic mass is 35.5. The van der Waals surface area contributed by atoms with Gasteiger partial charge in [-0.1, -0.05) is 29.3 Å². The molecule has 1 aromatic heterocycles. The number of halogens is 2. The first kappa shape index (κ1) is 14.2. The van der Waals surface area contributed by atoms with Gasteiger partial charge < -0.3 is 4.74 Å². The predicted octanol–water partition coefficient (Wildman–Crippen LogP) is 4.89. The van der Waals surface area contributed by atoms with E-state index in [0.29, 0.717) is 16.8 Å². The highest BCUT2D eigenvalue weighted by Crippen LogP contribution is 2.26. The molecular weight excluding hydrogens is 281 g/mol. The molecule has 2 aromatic rings. The highest BCUT2D eigenvalue weighted by molar-refractivity contribution is 6.34. The van der Waals surface area contributed by atoms with Gasteiger partial charge in [0.2, 0.25) is 0 Å². The Hall–Kier alpha value is -1.25. The largest absolute Gasteiger partial charge is 0.489 e. The van der Waals surface area contributed by atoms with Crippen LogP contribution in [0.4, 0.5) is 0 Å². The molecule has 1 aromatic carbocycles. The molecule has 100 valence electrons. The van der Waals surface area contributed by atoms with E-state index in [1.807, 2.05) is 13.0 Å².